The van der Waals surface area contributed by atoms with Gasteiger partial charge in [0.2, 0.25) is 0 Å². The van der Waals surface area contributed by atoms with E-state index in [4.69, 9.17) is 0 Å². The molecule has 0 amide bonds. The summed E-state index contributed by atoms with van der Waals surface area (Å²) in [5.41, 5.74) is 2.09. The molecule has 4 nitrogen and oxygen atoms in total. The average Bonchev–Trinajstić information content (AvgIpc) is 2.99. The molecule has 0 atom stereocenters. The van der Waals surface area contributed by atoms with Gasteiger partial charge in [0.25, 0.3) is 10.1 Å². The van der Waals surface area contributed by atoms with Crippen LogP contribution in [-0.2, 0) is 10.1 Å². The fraction of sp³-hybridized carbons (Fsp3) is 0. The normalized spacial score (nSPS) is 12.5. The Labute approximate surface area is 143 Å². The summed E-state index contributed by atoms with van der Waals surface area (Å²) in [4.78, 5) is 3.40. The lowest BCUT2D eigenvalue weighted by Crippen LogP contribution is -1.98. The van der Waals surface area contributed by atoms with Crippen LogP contribution in [0.2, 0.25) is 0 Å². The van der Waals surface area contributed by atoms with Crippen LogP contribution in [0.25, 0.3) is 43.4 Å². The summed E-state index contributed by atoms with van der Waals surface area (Å²) in [6.45, 7) is 0. The van der Waals surface area contributed by atoms with Gasteiger partial charge in [-0.05, 0) is 22.9 Å². The van der Waals surface area contributed by atoms with Crippen molar-refractivity contribution in [3.63, 3.8) is 0 Å². The van der Waals surface area contributed by atoms with Gasteiger partial charge in [-0.15, -0.1) is 0 Å². The fourth-order valence-corrected chi connectivity index (χ4v) is 4.40. The van der Waals surface area contributed by atoms with E-state index in [1.54, 1.807) is 12.1 Å². The minimum Gasteiger partial charge on any atom is -0.354 e. The van der Waals surface area contributed by atoms with E-state index in [-0.39, 0.29) is 4.90 Å². The Hall–Kier alpha value is -2.89. The number of aromatic amines is 1. The second-order valence-electron chi connectivity index (χ2n) is 6.15. The molecule has 5 heteroatoms. The monoisotopic (exact) mass is 347 g/mol. The maximum Gasteiger partial charge on any atom is 0.295 e. The molecule has 0 saturated heterocycles. The topological polar surface area (TPSA) is 70.2 Å². The third kappa shape index (κ3) is 2.00. The van der Waals surface area contributed by atoms with Crippen LogP contribution in [0.3, 0.4) is 0 Å². The van der Waals surface area contributed by atoms with Crippen LogP contribution in [0.4, 0.5) is 0 Å². The van der Waals surface area contributed by atoms with Gasteiger partial charge in [0.1, 0.15) is 4.90 Å². The lowest BCUT2D eigenvalue weighted by atomic mass is 9.99. The van der Waals surface area contributed by atoms with E-state index in [1.807, 2.05) is 36.4 Å². The molecule has 2 N–H and O–H groups in total. The van der Waals surface area contributed by atoms with Crippen LogP contribution >= 0.6 is 0 Å². The van der Waals surface area contributed by atoms with Crippen molar-refractivity contribution in [3.05, 3.63) is 66.7 Å². The van der Waals surface area contributed by atoms with E-state index in [2.05, 4.69) is 17.1 Å². The fourth-order valence-electron chi connectivity index (χ4n) is 3.69. The third-order valence-corrected chi connectivity index (χ3v) is 5.69. The van der Waals surface area contributed by atoms with E-state index in [9.17, 15) is 13.0 Å². The Morgan fingerprint density at radius 1 is 0.640 bits per heavy atom. The van der Waals surface area contributed by atoms with Crippen molar-refractivity contribution in [1.29, 1.82) is 0 Å². The average molecular weight is 347 g/mol. The van der Waals surface area contributed by atoms with Crippen molar-refractivity contribution < 1.29 is 13.0 Å². The van der Waals surface area contributed by atoms with Crippen molar-refractivity contribution in [2.45, 2.75) is 4.90 Å². The number of rotatable bonds is 1. The molecule has 1 aromatic heterocycles. The third-order valence-electron chi connectivity index (χ3n) is 4.77. The van der Waals surface area contributed by atoms with Crippen molar-refractivity contribution in [2.24, 2.45) is 0 Å². The van der Waals surface area contributed by atoms with E-state index in [0.717, 1.165) is 38.0 Å². The maximum absolute atomic E-state index is 11.7. The second kappa shape index (κ2) is 4.81. The molecule has 122 valence electrons. The highest BCUT2D eigenvalue weighted by atomic mass is 32.2. The zero-order valence-electron chi connectivity index (χ0n) is 13.0. The molecule has 0 aliphatic rings. The van der Waals surface area contributed by atoms with Crippen LogP contribution in [0.1, 0.15) is 0 Å². The first-order chi connectivity index (χ1) is 12.0. The standard InChI is InChI=1S/C20H13NO3S/c22-25(23,24)19-7-3-5-12-13-8-10-17-14-4-1-2-6-18(14)21-20(17)16(13)11-9-15(12)19/h1-11,21H,(H,22,23,24). The smallest absolute Gasteiger partial charge is 0.295 e. The highest BCUT2D eigenvalue weighted by molar-refractivity contribution is 7.86. The molecule has 25 heavy (non-hydrogen) atoms. The van der Waals surface area contributed by atoms with Crippen LogP contribution < -0.4 is 0 Å². The van der Waals surface area contributed by atoms with Gasteiger partial charge in [-0.2, -0.15) is 8.42 Å². The molecule has 0 bridgehead atoms. The highest BCUT2D eigenvalue weighted by Crippen LogP contribution is 2.36. The molecule has 0 aliphatic carbocycles. The summed E-state index contributed by atoms with van der Waals surface area (Å²) in [7, 11) is -4.27. The number of para-hydroxylation sites is 1. The Balaban J connectivity index is 1.99. The molecule has 0 saturated carbocycles. The first kappa shape index (κ1) is 14.5. The van der Waals surface area contributed by atoms with E-state index in [0.29, 0.717) is 5.39 Å². The highest BCUT2D eigenvalue weighted by Gasteiger charge is 2.16. The molecule has 0 unspecified atom stereocenters. The maximum atomic E-state index is 11.7. The number of benzene rings is 4. The van der Waals surface area contributed by atoms with Gasteiger partial charge >= 0.3 is 0 Å². The second-order valence-corrected chi connectivity index (χ2v) is 7.54. The van der Waals surface area contributed by atoms with Crippen LogP contribution in [0.15, 0.2) is 71.6 Å². The molecule has 4 aromatic carbocycles. The molecule has 0 fully saturated rings. The Morgan fingerprint density at radius 2 is 1.24 bits per heavy atom. The van der Waals surface area contributed by atoms with Crippen LogP contribution in [0, 0.1) is 0 Å². The first-order valence-electron chi connectivity index (χ1n) is 7.86. The molecule has 5 aromatic rings. The Bertz CT molecular complexity index is 1420. The predicted octanol–water partition coefficient (Wildman–Crippen LogP) is 4.87. The number of H-pyrrole nitrogens is 1. The predicted molar refractivity (Wildman–Crippen MR) is 101 cm³/mol. The number of hydrogen-bond donors (Lipinski definition) is 2. The van der Waals surface area contributed by atoms with Crippen molar-refractivity contribution >= 4 is 53.5 Å². The Morgan fingerprint density at radius 3 is 2.04 bits per heavy atom. The quantitative estimate of drug-likeness (QED) is 0.335. The Kier molecular flexibility index (Phi) is 2.78. The molecular weight excluding hydrogens is 334 g/mol. The van der Waals surface area contributed by atoms with Gasteiger partial charge in [-0.25, -0.2) is 0 Å². The van der Waals surface area contributed by atoms with Gasteiger partial charge in [0.15, 0.2) is 0 Å². The molecule has 1 heterocycles. The summed E-state index contributed by atoms with van der Waals surface area (Å²) in [5.74, 6) is 0. The van der Waals surface area contributed by atoms with Gasteiger partial charge in [0, 0.05) is 27.1 Å². The van der Waals surface area contributed by atoms with Crippen molar-refractivity contribution in [1.82, 2.24) is 4.98 Å². The summed E-state index contributed by atoms with van der Waals surface area (Å²) in [6, 6.07) is 20.8. The van der Waals surface area contributed by atoms with Crippen molar-refractivity contribution in [2.75, 3.05) is 0 Å². The van der Waals surface area contributed by atoms with Crippen LogP contribution in [0.5, 0.6) is 0 Å². The number of hydrogen-bond acceptors (Lipinski definition) is 2. The number of aromatic nitrogens is 1. The van der Waals surface area contributed by atoms with E-state index >= 15 is 0 Å². The molecule has 0 aliphatic heterocycles. The number of fused-ring (bicyclic) bond motifs is 7. The van der Waals surface area contributed by atoms with Crippen molar-refractivity contribution in [3.8, 4) is 0 Å². The SMILES string of the molecule is O=S(=O)(O)c1cccc2c1ccc1c2ccc2c3ccccc3[nH]c21. The largest absolute Gasteiger partial charge is 0.354 e. The minimum atomic E-state index is -4.27. The van der Waals surface area contributed by atoms with Gasteiger partial charge in [-0.1, -0.05) is 54.6 Å². The summed E-state index contributed by atoms with van der Waals surface area (Å²) < 4.78 is 32.8. The summed E-state index contributed by atoms with van der Waals surface area (Å²) >= 11 is 0. The lowest BCUT2D eigenvalue weighted by molar-refractivity contribution is 0.484. The zero-order valence-corrected chi connectivity index (χ0v) is 13.8. The van der Waals surface area contributed by atoms with E-state index < -0.39 is 10.1 Å². The van der Waals surface area contributed by atoms with Crippen LogP contribution in [-0.4, -0.2) is 18.0 Å². The molecular formula is C20H13NO3S. The van der Waals surface area contributed by atoms with E-state index in [1.165, 1.54) is 6.07 Å². The lowest BCUT2D eigenvalue weighted by Gasteiger charge is -2.08. The first-order valence-corrected chi connectivity index (χ1v) is 9.30. The summed E-state index contributed by atoms with van der Waals surface area (Å²) in [6.07, 6.45) is 0. The minimum absolute atomic E-state index is 0.0661. The van der Waals surface area contributed by atoms with Gasteiger partial charge < -0.3 is 4.98 Å². The van der Waals surface area contributed by atoms with Gasteiger partial charge in [-0.3, -0.25) is 4.55 Å². The molecule has 0 radical (unpaired) electrons. The zero-order chi connectivity index (χ0) is 17.2. The molecule has 0 spiro atoms. The number of nitrogens with one attached hydrogen (secondary N) is 1. The van der Waals surface area contributed by atoms with Gasteiger partial charge in [0.05, 0.1) is 5.52 Å². The summed E-state index contributed by atoms with van der Waals surface area (Å²) in [5, 5.41) is 5.58. The molecule has 5 rings (SSSR count).